The van der Waals surface area contributed by atoms with Crippen LogP contribution in [0, 0.1) is 22.7 Å². The van der Waals surface area contributed by atoms with Crippen LogP contribution >= 0.6 is 11.6 Å². The molecule has 3 saturated heterocycles. The number of carbonyl (C=O) groups excluding carboxylic acids is 1. The number of hydrogen-bond donors (Lipinski definition) is 4. The first-order chi connectivity index (χ1) is 21.4. The van der Waals surface area contributed by atoms with Crippen LogP contribution in [-0.4, -0.2) is 105 Å². The van der Waals surface area contributed by atoms with Crippen LogP contribution in [0.1, 0.15) is 30.5 Å². The topological polar surface area (TPSA) is 189 Å². The van der Waals surface area contributed by atoms with E-state index < -0.39 is 18.2 Å². The number of nitrogens with zero attached hydrogens (tertiary/aromatic N) is 8. The monoisotopic (exact) mass is 619 g/mol. The fraction of sp³-hybridized carbons (Fsp3) is 0.500. The van der Waals surface area contributed by atoms with Crippen molar-refractivity contribution in [2.75, 3.05) is 54.9 Å². The number of ether oxygens (including phenoxy) is 2. The van der Waals surface area contributed by atoms with Gasteiger partial charge in [-0.2, -0.15) is 20.0 Å². The quantitative estimate of drug-likeness (QED) is 0.285. The van der Waals surface area contributed by atoms with E-state index in [1.807, 2.05) is 4.90 Å². The first kappa shape index (κ1) is 28.4. The van der Waals surface area contributed by atoms with Crippen molar-refractivity contribution < 1.29 is 19.4 Å². The van der Waals surface area contributed by atoms with Crippen molar-refractivity contribution in [2.45, 2.75) is 49.6 Å². The highest BCUT2D eigenvalue weighted by Gasteiger charge is 2.39. The molecular formula is C28H30ClN11O4. The Balaban J connectivity index is 1.04. The number of aliphatic hydroxyl groups excluding tert-OH is 1. The minimum absolute atomic E-state index is 0.162. The number of aromatic nitrogens is 4. The molecule has 15 nitrogen and oxygen atoms in total. The molecule has 1 amide bonds. The Bertz CT molecular complexity index is 1670. The van der Waals surface area contributed by atoms with Gasteiger partial charge in [0.1, 0.15) is 12.2 Å². The van der Waals surface area contributed by atoms with Gasteiger partial charge in [0.25, 0.3) is 0 Å². The lowest BCUT2D eigenvalue weighted by molar-refractivity contribution is -0.122. The van der Waals surface area contributed by atoms with Crippen LogP contribution in [0.5, 0.6) is 0 Å². The minimum Gasteiger partial charge on any atom is -0.444 e. The number of piperidine rings is 1. The Kier molecular flexibility index (Phi) is 7.47. The van der Waals surface area contributed by atoms with Gasteiger partial charge >= 0.3 is 6.09 Å². The SMILES string of the molecule is N#Cc1cc(Nc2nc(NC3CC3)c3ncc(C#N)n3n2)c(Cl)c(N2CC[C@@H](NC(=O)OC3CN(C4COC4)C3)[C@H](O)C2)c1. The highest BCUT2D eigenvalue weighted by molar-refractivity contribution is 6.36. The summed E-state index contributed by atoms with van der Waals surface area (Å²) >= 11 is 6.87. The number of nitrogens with one attached hydrogen (secondary N) is 3. The van der Waals surface area contributed by atoms with Gasteiger partial charge in [0, 0.05) is 32.2 Å². The number of benzene rings is 1. The predicted molar refractivity (Wildman–Crippen MR) is 158 cm³/mol. The zero-order valence-corrected chi connectivity index (χ0v) is 24.4. The number of rotatable bonds is 8. The number of hydrogen-bond acceptors (Lipinski definition) is 13. The lowest BCUT2D eigenvalue weighted by Crippen LogP contribution is -2.63. The molecule has 228 valence electrons. The van der Waals surface area contributed by atoms with Gasteiger partial charge < -0.3 is 35.4 Å². The summed E-state index contributed by atoms with van der Waals surface area (Å²) in [4.78, 5) is 25.5. The van der Waals surface area contributed by atoms with Gasteiger partial charge in [-0.25, -0.2) is 9.78 Å². The summed E-state index contributed by atoms with van der Waals surface area (Å²) in [6, 6.07) is 7.69. The van der Waals surface area contributed by atoms with Gasteiger partial charge in [-0.05, 0) is 31.4 Å². The molecule has 2 aromatic heterocycles. The smallest absolute Gasteiger partial charge is 0.407 e. The number of nitriles is 2. The summed E-state index contributed by atoms with van der Waals surface area (Å²) in [6.45, 7) is 3.46. The van der Waals surface area contributed by atoms with Gasteiger partial charge in [0.05, 0.1) is 65.6 Å². The van der Waals surface area contributed by atoms with Crippen molar-refractivity contribution in [2.24, 2.45) is 0 Å². The summed E-state index contributed by atoms with van der Waals surface area (Å²) in [5.74, 6) is 0.647. The van der Waals surface area contributed by atoms with Gasteiger partial charge in [0.15, 0.2) is 17.2 Å². The molecule has 1 saturated carbocycles. The lowest BCUT2D eigenvalue weighted by Gasteiger charge is -2.46. The minimum atomic E-state index is -0.896. The molecule has 0 radical (unpaired) electrons. The van der Waals surface area contributed by atoms with E-state index in [9.17, 15) is 20.4 Å². The number of anilines is 4. The Morgan fingerprint density at radius 1 is 1.16 bits per heavy atom. The van der Waals surface area contributed by atoms with Crippen LogP contribution in [0.3, 0.4) is 0 Å². The highest BCUT2D eigenvalue weighted by atomic mass is 35.5. The highest BCUT2D eigenvalue weighted by Crippen LogP contribution is 2.37. The van der Waals surface area contributed by atoms with Gasteiger partial charge in [-0.3, -0.25) is 4.90 Å². The van der Waals surface area contributed by atoms with Crippen molar-refractivity contribution in [3.05, 3.63) is 34.6 Å². The maximum Gasteiger partial charge on any atom is 0.407 e. The second-order valence-corrected chi connectivity index (χ2v) is 11.9. The molecule has 0 bridgehead atoms. The molecule has 7 rings (SSSR count). The zero-order valence-electron chi connectivity index (χ0n) is 23.6. The molecule has 1 aromatic carbocycles. The first-order valence-electron chi connectivity index (χ1n) is 14.5. The van der Waals surface area contributed by atoms with Crippen molar-refractivity contribution in [3.63, 3.8) is 0 Å². The molecule has 4 aliphatic rings. The Hall–Kier alpha value is -4.41. The molecule has 4 N–H and O–H groups in total. The number of fused-ring (bicyclic) bond motifs is 1. The van der Waals surface area contributed by atoms with Crippen molar-refractivity contribution in [1.29, 1.82) is 10.5 Å². The van der Waals surface area contributed by atoms with Crippen LogP contribution < -0.4 is 20.9 Å². The number of β-amino-alcohol motifs (C(OH)–C–C–N with tert-alkyl or cyclic N) is 1. The molecular weight excluding hydrogens is 590 g/mol. The number of imidazole rings is 1. The van der Waals surface area contributed by atoms with Crippen LogP contribution in [-0.2, 0) is 9.47 Å². The molecule has 3 aliphatic heterocycles. The number of likely N-dealkylation sites (tertiary alicyclic amines) is 1. The number of carbonyl (C=O) groups is 1. The maximum absolute atomic E-state index is 12.5. The van der Waals surface area contributed by atoms with Gasteiger partial charge in [-0.15, -0.1) is 5.10 Å². The normalized spacial score (nSPS) is 22.4. The van der Waals surface area contributed by atoms with Crippen LogP contribution in [0.4, 0.5) is 27.9 Å². The van der Waals surface area contributed by atoms with E-state index in [0.29, 0.717) is 65.5 Å². The molecule has 16 heteroatoms. The summed E-state index contributed by atoms with van der Waals surface area (Å²) < 4.78 is 12.1. The Morgan fingerprint density at radius 2 is 1.98 bits per heavy atom. The van der Waals surface area contributed by atoms with Crippen LogP contribution in [0.2, 0.25) is 5.02 Å². The molecule has 3 aromatic rings. The van der Waals surface area contributed by atoms with Gasteiger partial charge in [0.2, 0.25) is 5.95 Å². The molecule has 2 atom stereocenters. The average molecular weight is 620 g/mol. The van der Waals surface area contributed by atoms with E-state index in [2.05, 4.69) is 48.1 Å². The fourth-order valence-corrected chi connectivity index (χ4v) is 5.85. The number of alkyl carbamates (subject to hydrolysis) is 1. The second kappa shape index (κ2) is 11.6. The van der Waals surface area contributed by atoms with Crippen molar-refractivity contribution >= 4 is 46.5 Å². The van der Waals surface area contributed by atoms with E-state index in [0.717, 1.165) is 26.1 Å². The molecule has 5 heterocycles. The maximum atomic E-state index is 12.5. The number of aliphatic hydroxyl groups is 1. The third-order valence-corrected chi connectivity index (χ3v) is 8.73. The first-order valence-corrected chi connectivity index (χ1v) is 14.9. The number of halogens is 1. The van der Waals surface area contributed by atoms with E-state index >= 15 is 0 Å². The van der Waals surface area contributed by atoms with Crippen LogP contribution in [0.25, 0.3) is 5.65 Å². The summed E-state index contributed by atoms with van der Waals surface area (Å²) in [5.41, 5.74) is 1.95. The average Bonchev–Trinajstić information content (AvgIpc) is 3.68. The van der Waals surface area contributed by atoms with Crippen molar-refractivity contribution in [1.82, 2.24) is 29.8 Å². The lowest BCUT2D eigenvalue weighted by atomic mass is 10.0. The fourth-order valence-electron chi connectivity index (χ4n) is 5.58. The molecule has 1 aliphatic carbocycles. The largest absolute Gasteiger partial charge is 0.444 e. The van der Waals surface area contributed by atoms with E-state index in [1.165, 1.54) is 10.7 Å². The molecule has 4 fully saturated rings. The Morgan fingerprint density at radius 3 is 2.66 bits per heavy atom. The summed E-state index contributed by atoms with van der Waals surface area (Å²) in [7, 11) is 0. The Labute approximate surface area is 257 Å². The molecule has 0 unspecified atom stereocenters. The van der Waals surface area contributed by atoms with Crippen LogP contribution in [0.15, 0.2) is 18.3 Å². The summed E-state index contributed by atoms with van der Waals surface area (Å²) in [6.07, 6.45) is 2.29. The van der Waals surface area contributed by atoms with E-state index in [-0.39, 0.29) is 30.3 Å². The predicted octanol–water partition coefficient (Wildman–Crippen LogP) is 1.59. The van der Waals surface area contributed by atoms with Gasteiger partial charge in [-0.1, -0.05) is 11.6 Å². The van der Waals surface area contributed by atoms with E-state index in [4.69, 9.17) is 21.1 Å². The van der Waals surface area contributed by atoms with E-state index in [1.54, 1.807) is 12.1 Å². The third-order valence-electron chi connectivity index (χ3n) is 8.34. The number of amides is 1. The summed E-state index contributed by atoms with van der Waals surface area (Å²) in [5, 5.41) is 44.2. The molecule has 0 spiro atoms. The molecule has 44 heavy (non-hydrogen) atoms. The third kappa shape index (κ3) is 5.62. The zero-order chi connectivity index (χ0) is 30.4. The van der Waals surface area contributed by atoms with Crippen molar-refractivity contribution in [3.8, 4) is 12.1 Å². The standard InChI is InChI=1S/C28H30ClN11O4/c29-24-21(34-27-36-25(33-16-1-2-16)26-32-9-17(8-31)40(26)37-27)5-15(7-30)6-22(24)38-4-3-20(23(41)12-38)35-28(42)44-19-10-39(11-19)18-13-43-14-18/h5-6,9,16,18-20,23,41H,1-4,10-14H2,(H,35,42)(H2,33,34,36,37)/t20-,23-/m1/s1. The second-order valence-electron chi connectivity index (χ2n) is 11.5.